The summed E-state index contributed by atoms with van der Waals surface area (Å²) in [4.78, 5) is 3.83. The van der Waals surface area contributed by atoms with Gasteiger partial charge in [0, 0.05) is 17.1 Å². The summed E-state index contributed by atoms with van der Waals surface area (Å²) < 4.78 is 41.6. The number of alkyl halides is 2. The van der Waals surface area contributed by atoms with Crippen LogP contribution in [0.5, 0.6) is 0 Å². The van der Waals surface area contributed by atoms with E-state index in [0.717, 1.165) is 29.7 Å². The number of fused-ring (bicyclic) bond motifs is 1. The fourth-order valence-corrected chi connectivity index (χ4v) is 2.06. The van der Waals surface area contributed by atoms with E-state index in [0.29, 0.717) is 5.39 Å². The second kappa shape index (κ2) is 4.63. The van der Waals surface area contributed by atoms with E-state index >= 15 is 0 Å². The lowest BCUT2D eigenvalue weighted by Gasteiger charge is -2.16. The van der Waals surface area contributed by atoms with E-state index in [-0.39, 0.29) is 11.3 Å². The summed E-state index contributed by atoms with van der Waals surface area (Å²) in [6.45, 7) is 0. The highest BCUT2D eigenvalue weighted by Gasteiger charge is 2.35. The lowest BCUT2D eigenvalue weighted by Crippen LogP contribution is -2.17. The van der Waals surface area contributed by atoms with E-state index < -0.39 is 11.7 Å². The molecule has 1 aromatic heterocycles. The SMILES string of the molecule is Fc1ccc(C(F)(F)c2cc3ccccc3cn2)cc1. The molecule has 0 aliphatic rings. The second-order valence-corrected chi connectivity index (χ2v) is 4.50. The maximum atomic E-state index is 14.4. The number of nitrogens with zero attached hydrogens (tertiary/aromatic N) is 1. The van der Waals surface area contributed by atoms with Gasteiger partial charge in [0.2, 0.25) is 0 Å². The third-order valence-electron chi connectivity index (χ3n) is 3.16. The fourth-order valence-electron chi connectivity index (χ4n) is 2.06. The van der Waals surface area contributed by atoms with E-state index in [2.05, 4.69) is 4.98 Å². The Kier molecular flexibility index (Phi) is 2.93. The molecule has 1 heterocycles. The van der Waals surface area contributed by atoms with Crippen molar-refractivity contribution in [2.75, 3.05) is 0 Å². The highest BCUT2D eigenvalue weighted by atomic mass is 19.3. The van der Waals surface area contributed by atoms with Gasteiger partial charge in [-0.05, 0) is 35.7 Å². The summed E-state index contributed by atoms with van der Waals surface area (Å²) in [5.41, 5.74) is -0.621. The van der Waals surface area contributed by atoms with Gasteiger partial charge >= 0.3 is 5.92 Å². The van der Waals surface area contributed by atoms with Crippen molar-refractivity contribution in [1.82, 2.24) is 4.98 Å². The van der Waals surface area contributed by atoms with Crippen LogP contribution in [0.4, 0.5) is 13.2 Å². The van der Waals surface area contributed by atoms with Gasteiger partial charge in [0.25, 0.3) is 0 Å². The molecule has 0 saturated heterocycles. The van der Waals surface area contributed by atoms with Crippen molar-refractivity contribution in [1.29, 1.82) is 0 Å². The lowest BCUT2D eigenvalue weighted by molar-refractivity contribution is 0.0381. The molecule has 0 atom stereocenters. The molecule has 0 radical (unpaired) electrons. The molecule has 0 N–H and O–H groups in total. The van der Waals surface area contributed by atoms with E-state index in [9.17, 15) is 13.2 Å². The standard InChI is InChI=1S/C16H10F3N/c17-14-7-5-13(6-8-14)16(18,19)15-9-11-3-1-2-4-12(11)10-20-15/h1-10H. The molecule has 0 aliphatic heterocycles. The molecule has 4 heteroatoms. The van der Waals surface area contributed by atoms with Gasteiger partial charge in [-0.1, -0.05) is 24.3 Å². The minimum absolute atomic E-state index is 0.276. The molecule has 0 spiro atoms. The second-order valence-electron chi connectivity index (χ2n) is 4.50. The smallest absolute Gasteiger partial charge is 0.254 e. The minimum Gasteiger partial charge on any atom is -0.254 e. The van der Waals surface area contributed by atoms with Gasteiger partial charge in [-0.2, -0.15) is 8.78 Å². The van der Waals surface area contributed by atoms with Crippen LogP contribution in [0.3, 0.4) is 0 Å². The average molecular weight is 273 g/mol. The summed E-state index contributed by atoms with van der Waals surface area (Å²) in [7, 11) is 0. The highest BCUT2D eigenvalue weighted by Crippen LogP contribution is 2.35. The normalized spacial score (nSPS) is 11.8. The highest BCUT2D eigenvalue weighted by molar-refractivity contribution is 5.82. The first kappa shape index (κ1) is 12.7. The predicted octanol–water partition coefficient (Wildman–Crippen LogP) is 4.51. The third kappa shape index (κ3) is 2.13. The van der Waals surface area contributed by atoms with Crippen molar-refractivity contribution in [3.8, 4) is 0 Å². The van der Waals surface area contributed by atoms with Crippen LogP contribution in [0.25, 0.3) is 10.8 Å². The molecule has 1 nitrogen and oxygen atoms in total. The summed E-state index contributed by atoms with van der Waals surface area (Å²) in [6, 6.07) is 12.7. The van der Waals surface area contributed by atoms with Crippen molar-refractivity contribution >= 4 is 10.8 Å². The molecule has 0 amide bonds. The zero-order chi connectivity index (χ0) is 14.2. The van der Waals surface area contributed by atoms with Crippen LogP contribution in [0.2, 0.25) is 0 Å². The van der Waals surface area contributed by atoms with Gasteiger partial charge in [0.15, 0.2) is 0 Å². The van der Waals surface area contributed by atoms with Crippen molar-refractivity contribution in [2.24, 2.45) is 0 Å². The molecular weight excluding hydrogens is 263 g/mol. The first-order chi connectivity index (χ1) is 9.57. The lowest BCUT2D eigenvalue weighted by atomic mass is 10.0. The Morgan fingerprint density at radius 2 is 1.50 bits per heavy atom. The van der Waals surface area contributed by atoms with Crippen molar-refractivity contribution < 1.29 is 13.2 Å². The Balaban J connectivity index is 2.10. The zero-order valence-corrected chi connectivity index (χ0v) is 10.4. The van der Waals surface area contributed by atoms with Crippen LogP contribution >= 0.6 is 0 Å². The first-order valence-corrected chi connectivity index (χ1v) is 6.06. The van der Waals surface area contributed by atoms with Crippen molar-refractivity contribution in [3.63, 3.8) is 0 Å². The number of hydrogen-bond acceptors (Lipinski definition) is 1. The maximum absolute atomic E-state index is 14.4. The molecule has 0 aliphatic carbocycles. The molecule has 3 aromatic rings. The molecule has 100 valence electrons. The molecule has 0 saturated carbocycles. The quantitative estimate of drug-likeness (QED) is 0.669. The largest absolute Gasteiger partial charge is 0.314 e. The van der Waals surface area contributed by atoms with Gasteiger partial charge in [-0.25, -0.2) is 4.39 Å². The monoisotopic (exact) mass is 273 g/mol. The zero-order valence-electron chi connectivity index (χ0n) is 10.4. The number of hydrogen-bond donors (Lipinski definition) is 0. The van der Waals surface area contributed by atoms with Crippen molar-refractivity contribution in [2.45, 2.75) is 5.92 Å². The van der Waals surface area contributed by atoms with E-state index in [4.69, 9.17) is 0 Å². The van der Waals surface area contributed by atoms with Crippen LogP contribution in [-0.4, -0.2) is 4.98 Å². The predicted molar refractivity (Wildman–Crippen MR) is 71.1 cm³/mol. The number of halogens is 3. The van der Waals surface area contributed by atoms with E-state index in [1.54, 1.807) is 12.1 Å². The van der Waals surface area contributed by atoms with E-state index in [1.165, 1.54) is 12.3 Å². The first-order valence-electron chi connectivity index (χ1n) is 6.06. The number of rotatable bonds is 2. The fraction of sp³-hybridized carbons (Fsp3) is 0.0625. The van der Waals surface area contributed by atoms with Crippen LogP contribution in [-0.2, 0) is 5.92 Å². The number of pyridine rings is 1. The summed E-state index contributed by atoms with van der Waals surface area (Å²) in [5, 5.41) is 1.49. The number of benzene rings is 2. The van der Waals surface area contributed by atoms with Gasteiger partial charge in [0.05, 0.1) is 0 Å². The van der Waals surface area contributed by atoms with Crippen LogP contribution in [0, 0.1) is 5.82 Å². The molecule has 2 aromatic carbocycles. The maximum Gasteiger partial charge on any atom is 0.314 e. The molecule has 20 heavy (non-hydrogen) atoms. The van der Waals surface area contributed by atoms with Crippen LogP contribution in [0.15, 0.2) is 60.8 Å². The average Bonchev–Trinajstić information content (AvgIpc) is 2.47. The van der Waals surface area contributed by atoms with Gasteiger partial charge < -0.3 is 0 Å². The summed E-state index contributed by atoms with van der Waals surface area (Å²) in [5.74, 6) is -3.80. The molecule has 0 bridgehead atoms. The Hall–Kier alpha value is -2.36. The Morgan fingerprint density at radius 3 is 2.20 bits per heavy atom. The molecule has 3 rings (SSSR count). The molecular formula is C16H10F3N. The topological polar surface area (TPSA) is 12.9 Å². The van der Waals surface area contributed by atoms with Crippen LogP contribution < -0.4 is 0 Å². The van der Waals surface area contributed by atoms with E-state index in [1.807, 2.05) is 12.1 Å². The Morgan fingerprint density at radius 1 is 0.850 bits per heavy atom. The molecule has 0 unspecified atom stereocenters. The minimum atomic E-state index is -3.25. The van der Waals surface area contributed by atoms with Gasteiger partial charge in [0.1, 0.15) is 11.5 Å². The molecule has 0 fully saturated rings. The summed E-state index contributed by atoms with van der Waals surface area (Å²) in [6.07, 6.45) is 1.42. The van der Waals surface area contributed by atoms with Crippen LogP contribution in [0.1, 0.15) is 11.3 Å². The Labute approximate surface area is 113 Å². The van der Waals surface area contributed by atoms with Gasteiger partial charge in [-0.3, -0.25) is 4.98 Å². The Bertz CT molecular complexity index is 751. The van der Waals surface area contributed by atoms with Crippen molar-refractivity contribution in [3.05, 3.63) is 77.9 Å². The van der Waals surface area contributed by atoms with Gasteiger partial charge in [-0.15, -0.1) is 0 Å². The third-order valence-corrected chi connectivity index (χ3v) is 3.16. The summed E-state index contributed by atoms with van der Waals surface area (Å²) >= 11 is 0. The number of aromatic nitrogens is 1.